The number of anilines is 1. The molecule has 0 saturated carbocycles. The summed E-state index contributed by atoms with van der Waals surface area (Å²) in [6.07, 6.45) is 1.95. The van der Waals surface area contributed by atoms with Gasteiger partial charge in [0.2, 0.25) is 0 Å². The number of nitro benzene ring substituents is 1. The number of nitrogens with two attached hydrogens (primary N) is 1. The molecule has 1 aromatic rings. The number of nitrogen functional groups attached to an aromatic ring is 1. The zero-order valence-corrected chi connectivity index (χ0v) is 11.3. The molecule has 0 aliphatic carbocycles. The van der Waals surface area contributed by atoms with Gasteiger partial charge in [-0.2, -0.15) is 0 Å². The predicted octanol–water partition coefficient (Wildman–Crippen LogP) is 0.884. The number of carbonyl (C=O) groups excluding carboxylic acids is 1. The van der Waals surface area contributed by atoms with Gasteiger partial charge in [-0.3, -0.25) is 20.8 Å². The first kappa shape index (κ1) is 13.8. The Bertz CT molecular complexity index is 580. The predicted molar refractivity (Wildman–Crippen MR) is 74.7 cm³/mol. The van der Waals surface area contributed by atoms with E-state index in [2.05, 4.69) is 5.43 Å². The SMILES string of the molecule is NNc1ccc([N+](=O)[O-])c(C(=O)N2CC3CCC(C2)O3)c1. The van der Waals surface area contributed by atoms with E-state index in [4.69, 9.17) is 10.6 Å². The molecular weight excluding hydrogens is 276 g/mol. The highest BCUT2D eigenvalue weighted by Crippen LogP contribution is 2.29. The molecule has 2 atom stereocenters. The van der Waals surface area contributed by atoms with Crippen LogP contribution in [-0.2, 0) is 4.74 Å². The van der Waals surface area contributed by atoms with Crippen molar-refractivity contribution in [3.05, 3.63) is 33.9 Å². The maximum atomic E-state index is 12.6. The molecule has 112 valence electrons. The number of likely N-dealkylation sites (tertiary alicyclic amines) is 1. The molecule has 21 heavy (non-hydrogen) atoms. The number of benzene rings is 1. The van der Waals surface area contributed by atoms with Crippen molar-refractivity contribution in [2.45, 2.75) is 25.0 Å². The Morgan fingerprint density at radius 2 is 2.05 bits per heavy atom. The van der Waals surface area contributed by atoms with E-state index in [1.165, 1.54) is 18.2 Å². The molecule has 8 heteroatoms. The highest BCUT2D eigenvalue weighted by atomic mass is 16.6. The van der Waals surface area contributed by atoms with Crippen LogP contribution in [0.5, 0.6) is 0 Å². The molecule has 0 spiro atoms. The van der Waals surface area contributed by atoms with Crippen LogP contribution in [0.2, 0.25) is 0 Å². The van der Waals surface area contributed by atoms with Crippen molar-refractivity contribution >= 4 is 17.3 Å². The molecule has 2 heterocycles. The van der Waals surface area contributed by atoms with Gasteiger partial charge in [-0.1, -0.05) is 0 Å². The fraction of sp³-hybridized carbons (Fsp3) is 0.462. The lowest BCUT2D eigenvalue weighted by atomic mass is 10.1. The van der Waals surface area contributed by atoms with Crippen molar-refractivity contribution in [2.24, 2.45) is 5.84 Å². The van der Waals surface area contributed by atoms with Gasteiger partial charge in [-0.25, -0.2) is 0 Å². The summed E-state index contributed by atoms with van der Waals surface area (Å²) in [5, 5.41) is 11.1. The summed E-state index contributed by atoms with van der Waals surface area (Å²) >= 11 is 0. The number of hydrogen-bond acceptors (Lipinski definition) is 6. The molecule has 0 radical (unpaired) electrons. The van der Waals surface area contributed by atoms with Crippen molar-refractivity contribution in [3.8, 4) is 0 Å². The lowest BCUT2D eigenvalue weighted by Gasteiger charge is -2.32. The minimum Gasteiger partial charge on any atom is -0.371 e. The largest absolute Gasteiger partial charge is 0.371 e. The van der Waals surface area contributed by atoms with Crippen LogP contribution in [0.4, 0.5) is 11.4 Å². The fourth-order valence-electron chi connectivity index (χ4n) is 2.91. The number of fused-ring (bicyclic) bond motifs is 2. The van der Waals surface area contributed by atoms with Crippen molar-refractivity contribution < 1.29 is 14.5 Å². The summed E-state index contributed by atoms with van der Waals surface area (Å²) in [6, 6.07) is 4.17. The monoisotopic (exact) mass is 292 g/mol. The number of rotatable bonds is 3. The van der Waals surface area contributed by atoms with Crippen LogP contribution in [0.1, 0.15) is 23.2 Å². The van der Waals surface area contributed by atoms with Gasteiger partial charge in [-0.05, 0) is 25.0 Å². The van der Waals surface area contributed by atoms with Crippen LogP contribution < -0.4 is 11.3 Å². The summed E-state index contributed by atoms with van der Waals surface area (Å²) < 4.78 is 5.68. The Kier molecular flexibility index (Phi) is 3.48. The third-order valence-electron chi connectivity index (χ3n) is 3.92. The summed E-state index contributed by atoms with van der Waals surface area (Å²) in [5.74, 6) is 4.96. The normalized spacial score (nSPS) is 24.0. The van der Waals surface area contributed by atoms with Crippen molar-refractivity contribution in [1.82, 2.24) is 4.90 Å². The number of carbonyl (C=O) groups is 1. The first-order valence-corrected chi connectivity index (χ1v) is 6.78. The number of hydrazine groups is 1. The number of nitrogens with one attached hydrogen (secondary N) is 1. The second-order valence-corrected chi connectivity index (χ2v) is 5.30. The lowest BCUT2D eigenvalue weighted by Crippen LogP contribution is -2.46. The molecular formula is C13H16N4O4. The third-order valence-corrected chi connectivity index (χ3v) is 3.92. The van der Waals surface area contributed by atoms with E-state index in [0.717, 1.165) is 12.8 Å². The molecule has 1 aromatic carbocycles. The molecule has 2 aliphatic heterocycles. The van der Waals surface area contributed by atoms with Crippen LogP contribution in [0.3, 0.4) is 0 Å². The van der Waals surface area contributed by atoms with E-state index >= 15 is 0 Å². The van der Waals surface area contributed by atoms with Crippen molar-refractivity contribution in [3.63, 3.8) is 0 Å². The van der Waals surface area contributed by atoms with Gasteiger partial charge in [0.15, 0.2) is 0 Å². The van der Waals surface area contributed by atoms with Crippen LogP contribution in [0.25, 0.3) is 0 Å². The smallest absolute Gasteiger partial charge is 0.282 e. The highest BCUT2D eigenvalue weighted by Gasteiger charge is 2.37. The zero-order chi connectivity index (χ0) is 15.0. The van der Waals surface area contributed by atoms with E-state index in [-0.39, 0.29) is 29.4 Å². The lowest BCUT2D eigenvalue weighted by molar-refractivity contribution is -0.385. The number of morpholine rings is 1. The molecule has 0 aromatic heterocycles. The molecule has 1 amide bonds. The molecule has 2 unspecified atom stereocenters. The number of nitrogens with zero attached hydrogens (tertiary/aromatic N) is 2. The van der Waals surface area contributed by atoms with Crippen molar-refractivity contribution in [1.29, 1.82) is 0 Å². The van der Waals surface area contributed by atoms with Gasteiger partial charge in [0.05, 0.1) is 17.1 Å². The minimum atomic E-state index is -0.553. The molecule has 2 bridgehead atoms. The minimum absolute atomic E-state index is 0.0440. The Morgan fingerprint density at radius 3 is 2.62 bits per heavy atom. The summed E-state index contributed by atoms with van der Waals surface area (Å²) in [6.45, 7) is 0.958. The van der Waals surface area contributed by atoms with Crippen molar-refractivity contribution in [2.75, 3.05) is 18.5 Å². The Morgan fingerprint density at radius 1 is 1.38 bits per heavy atom. The van der Waals surface area contributed by atoms with Crippen LogP contribution >= 0.6 is 0 Å². The first-order valence-electron chi connectivity index (χ1n) is 6.78. The number of amides is 1. The van der Waals surface area contributed by atoms with Gasteiger partial charge in [0.25, 0.3) is 11.6 Å². The fourth-order valence-corrected chi connectivity index (χ4v) is 2.91. The van der Waals surface area contributed by atoms with E-state index in [1.54, 1.807) is 4.90 Å². The van der Waals surface area contributed by atoms with Crippen LogP contribution in [0.15, 0.2) is 18.2 Å². The second kappa shape index (κ2) is 5.30. The number of hydrogen-bond donors (Lipinski definition) is 2. The maximum absolute atomic E-state index is 12.6. The van der Waals surface area contributed by atoms with Gasteiger partial charge in [-0.15, -0.1) is 0 Å². The number of nitro groups is 1. The Labute approximate surface area is 121 Å². The first-order chi connectivity index (χ1) is 10.1. The average molecular weight is 292 g/mol. The Balaban J connectivity index is 1.91. The molecule has 2 fully saturated rings. The van der Waals surface area contributed by atoms with Gasteiger partial charge >= 0.3 is 0 Å². The van der Waals surface area contributed by atoms with Gasteiger partial charge < -0.3 is 15.1 Å². The van der Waals surface area contributed by atoms with E-state index in [0.29, 0.717) is 18.8 Å². The molecule has 8 nitrogen and oxygen atoms in total. The summed E-state index contributed by atoms with van der Waals surface area (Å²) in [5.41, 5.74) is 2.70. The summed E-state index contributed by atoms with van der Waals surface area (Å²) in [4.78, 5) is 24.8. The number of ether oxygens (including phenoxy) is 1. The molecule has 2 saturated heterocycles. The third kappa shape index (κ3) is 2.55. The molecule has 2 aliphatic rings. The van der Waals surface area contributed by atoms with E-state index in [9.17, 15) is 14.9 Å². The summed E-state index contributed by atoms with van der Waals surface area (Å²) in [7, 11) is 0. The zero-order valence-electron chi connectivity index (χ0n) is 11.3. The highest BCUT2D eigenvalue weighted by molar-refractivity contribution is 5.99. The van der Waals surface area contributed by atoms with E-state index in [1.807, 2.05) is 0 Å². The quantitative estimate of drug-likeness (QED) is 0.486. The Hall–Kier alpha value is -2.19. The topological polar surface area (TPSA) is 111 Å². The van der Waals surface area contributed by atoms with Crippen LogP contribution in [-0.4, -0.2) is 41.0 Å². The molecule has 3 rings (SSSR count). The second-order valence-electron chi connectivity index (χ2n) is 5.30. The van der Waals surface area contributed by atoms with Crippen LogP contribution in [0, 0.1) is 10.1 Å². The van der Waals surface area contributed by atoms with Gasteiger partial charge in [0.1, 0.15) is 5.56 Å². The molecule has 3 N–H and O–H groups in total. The van der Waals surface area contributed by atoms with Gasteiger partial charge in [0, 0.05) is 24.8 Å². The maximum Gasteiger partial charge on any atom is 0.282 e. The average Bonchev–Trinajstić information content (AvgIpc) is 2.84. The van der Waals surface area contributed by atoms with E-state index < -0.39 is 4.92 Å². The standard InChI is InChI=1S/C13H16N4O4/c14-15-8-1-4-12(17(19)20)11(5-8)13(18)16-6-9-2-3-10(7-16)21-9/h1,4-5,9-10,15H,2-3,6-7,14H2.